The van der Waals surface area contributed by atoms with E-state index in [1.54, 1.807) is 25.2 Å². The van der Waals surface area contributed by atoms with Crippen LogP contribution < -0.4 is 4.90 Å². The second-order valence-corrected chi connectivity index (χ2v) is 4.44. The largest absolute Gasteiger partial charge is 0.390 e. The molecule has 0 bridgehead atoms. The summed E-state index contributed by atoms with van der Waals surface area (Å²) >= 11 is 3.27. The summed E-state index contributed by atoms with van der Waals surface area (Å²) in [5.74, 6) is 0. The zero-order valence-electron chi connectivity index (χ0n) is 9.76. The number of nitrogens with zero attached hydrogens (tertiary/aromatic N) is 2. The minimum absolute atomic E-state index is 0.161. The molecule has 0 spiro atoms. The molecule has 0 saturated heterocycles. The highest BCUT2D eigenvalue weighted by Gasteiger charge is 2.27. The lowest BCUT2D eigenvalue weighted by atomic mass is 10.1. The molecular formula is C12H12BrF3N2. The van der Waals surface area contributed by atoms with E-state index in [-0.39, 0.29) is 6.54 Å². The lowest BCUT2D eigenvalue weighted by Crippen LogP contribution is -2.24. The number of anilines is 1. The topological polar surface area (TPSA) is 27.0 Å². The third-order valence-corrected chi connectivity index (χ3v) is 3.13. The molecule has 98 valence electrons. The van der Waals surface area contributed by atoms with E-state index in [4.69, 9.17) is 5.26 Å². The molecule has 1 rings (SSSR count). The van der Waals surface area contributed by atoms with Crippen LogP contribution in [0.2, 0.25) is 0 Å². The van der Waals surface area contributed by atoms with Crippen molar-refractivity contribution < 1.29 is 13.2 Å². The highest BCUT2D eigenvalue weighted by Crippen LogP contribution is 2.25. The Kier molecular flexibility index (Phi) is 5.03. The van der Waals surface area contributed by atoms with Gasteiger partial charge < -0.3 is 4.90 Å². The third kappa shape index (κ3) is 4.22. The molecule has 18 heavy (non-hydrogen) atoms. The van der Waals surface area contributed by atoms with Crippen LogP contribution in [0, 0.1) is 11.3 Å². The van der Waals surface area contributed by atoms with E-state index < -0.39 is 12.6 Å². The first-order chi connectivity index (χ1) is 8.37. The van der Waals surface area contributed by atoms with Gasteiger partial charge in [-0.2, -0.15) is 18.4 Å². The fourth-order valence-electron chi connectivity index (χ4n) is 1.50. The van der Waals surface area contributed by atoms with E-state index in [1.807, 2.05) is 6.07 Å². The van der Waals surface area contributed by atoms with Crippen molar-refractivity contribution in [2.45, 2.75) is 17.9 Å². The molecule has 0 saturated carbocycles. The number of rotatable bonds is 4. The van der Waals surface area contributed by atoms with Crippen molar-refractivity contribution in [3.8, 4) is 6.07 Å². The molecule has 0 heterocycles. The Bertz CT molecular complexity index is 452. The number of benzene rings is 1. The van der Waals surface area contributed by atoms with Crippen LogP contribution in [0.3, 0.4) is 0 Å². The molecule has 0 radical (unpaired) electrons. The number of alkyl halides is 4. The van der Waals surface area contributed by atoms with E-state index in [0.29, 0.717) is 16.6 Å². The van der Waals surface area contributed by atoms with Gasteiger partial charge in [-0.1, -0.05) is 22.0 Å². The summed E-state index contributed by atoms with van der Waals surface area (Å²) in [5.41, 5.74) is 1.82. The van der Waals surface area contributed by atoms with Gasteiger partial charge in [0.05, 0.1) is 17.7 Å². The zero-order chi connectivity index (χ0) is 13.8. The van der Waals surface area contributed by atoms with Crippen LogP contribution in [0.25, 0.3) is 0 Å². The van der Waals surface area contributed by atoms with Crippen LogP contribution in [0.1, 0.15) is 17.5 Å². The maximum Gasteiger partial charge on any atom is 0.390 e. The van der Waals surface area contributed by atoms with Gasteiger partial charge in [0, 0.05) is 18.9 Å². The number of hydrogen-bond donors (Lipinski definition) is 0. The van der Waals surface area contributed by atoms with E-state index in [2.05, 4.69) is 15.9 Å². The van der Waals surface area contributed by atoms with Crippen LogP contribution >= 0.6 is 15.9 Å². The molecule has 1 aromatic rings. The predicted octanol–water partition coefficient (Wildman–Crippen LogP) is 3.84. The van der Waals surface area contributed by atoms with E-state index in [1.165, 1.54) is 4.90 Å². The summed E-state index contributed by atoms with van der Waals surface area (Å²) in [7, 11) is 1.55. The van der Waals surface area contributed by atoms with Crippen LogP contribution in [0.5, 0.6) is 0 Å². The summed E-state index contributed by atoms with van der Waals surface area (Å²) in [6, 6.07) is 7.14. The number of nitriles is 1. The lowest BCUT2D eigenvalue weighted by Gasteiger charge is -2.21. The Morgan fingerprint density at radius 1 is 1.39 bits per heavy atom. The normalized spacial score (nSPS) is 11.1. The van der Waals surface area contributed by atoms with Crippen molar-refractivity contribution >= 4 is 21.6 Å². The minimum Gasteiger partial charge on any atom is -0.373 e. The van der Waals surface area contributed by atoms with Crippen molar-refractivity contribution in [2.24, 2.45) is 0 Å². The van der Waals surface area contributed by atoms with Gasteiger partial charge >= 0.3 is 6.18 Å². The maximum absolute atomic E-state index is 12.1. The van der Waals surface area contributed by atoms with E-state index >= 15 is 0 Å². The first-order valence-electron chi connectivity index (χ1n) is 5.24. The maximum atomic E-state index is 12.1. The average molecular weight is 321 g/mol. The summed E-state index contributed by atoms with van der Waals surface area (Å²) in [6.07, 6.45) is -5.08. The average Bonchev–Trinajstić information content (AvgIpc) is 2.34. The van der Waals surface area contributed by atoms with Gasteiger partial charge in [0.1, 0.15) is 6.07 Å². The van der Waals surface area contributed by atoms with Gasteiger partial charge in [-0.15, -0.1) is 0 Å². The summed E-state index contributed by atoms with van der Waals surface area (Å²) < 4.78 is 36.4. The standard InChI is InChI=1S/C12H12BrF3N2/c1-18(5-4-12(14,15)16)11-3-2-9(7-13)6-10(11)8-17/h2-3,6H,4-5,7H2,1H3. The quantitative estimate of drug-likeness (QED) is 0.788. The van der Waals surface area contributed by atoms with Crippen LogP contribution in [-0.4, -0.2) is 19.8 Å². The van der Waals surface area contributed by atoms with Gasteiger partial charge in [0.15, 0.2) is 0 Å². The summed E-state index contributed by atoms with van der Waals surface area (Å²) in [4.78, 5) is 1.45. The van der Waals surface area contributed by atoms with Crippen molar-refractivity contribution in [1.82, 2.24) is 0 Å². The first kappa shape index (κ1) is 14.8. The molecule has 6 heteroatoms. The second kappa shape index (κ2) is 6.10. The summed E-state index contributed by atoms with van der Waals surface area (Å²) in [6.45, 7) is -0.161. The highest BCUT2D eigenvalue weighted by atomic mass is 79.9. The van der Waals surface area contributed by atoms with Gasteiger partial charge in [-0.05, 0) is 17.7 Å². The Hall–Kier alpha value is -1.22. The fraction of sp³-hybridized carbons (Fsp3) is 0.417. The Labute approximate surface area is 112 Å². The van der Waals surface area contributed by atoms with E-state index in [0.717, 1.165) is 5.56 Å². The highest BCUT2D eigenvalue weighted by molar-refractivity contribution is 9.08. The number of halogens is 4. The smallest absolute Gasteiger partial charge is 0.373 e. The Morgan fingerprint density at radius 3 is 2.56 bits per heavy atom. The molecule has 0 atom stereocenters. The molecule has 0 aliphatic rings. The predicted molar refractivity (Wildman–Crippen MR) is 67.7 cm³/mol. The molecule has 1 aromatic carbocycles. The molecule has 0 aromatic heterocycles. The molecule has 0 amide bonds. The van der Waals surface area contributed by atoms with E-state index in [9.17, 15) is 13.2 Å². The second-order valence-electron chi connectivity index (χ2n) is 3.88. The Morgan fingerprint density at radius 2 is 2.06 bits per heavy atom. The molecule has 2 nitrogen and oxygen atoms in total. The van der Waals surface area contributed by atoms with Crippen molar-refractivity contribution in [2.75, 3.05) is 18.5 Å². The number of hydrogen-bond acceptors (Lipinski definition) is 2. The van der Waals surface area contributed by atoms with Crippen LogP contribution in [-0.2, 0) is 5.33 Å². The lowest BCUT2D eigenvalue weighted by molar-refractivity contribution is -0.132. The minimum atomic E-state index is -4.18. The van der Waals surface area contributed by atoms with Crippen molar-refractivity contribution in [1.29, 1.82) is 5.26 Å². The fourth-order valence-corrected chi connectivity index (χ4v) is 1.85. The van der Waals surface area contributed by atoms with Gasteiger partial charge in [-0.25, -0.2) is 0 Å². The zero-order valence-corrected chi connectivity index (χ0v) is 11.3. The molecule has 0 aliphatic carbocycles. The monoisotopic (exact) mass is 320 g/mol. The van der Waals surface area contributed by atoms with Crippen LogP contribution in [0.15, 0.2) is 18.2 Å². The van der Waals surface area contributed by atoms with Crippen molar-refractivity contribution in [3.05, 3.63) is 29.3 Å². The first-order valence-corrected chi connectivity index (χ1v) is 6.36. The molecule has 0 N–H and O–H groups in total. The van der Waals surface area contributed by atoms with Gasteiger partial charge in [0.2, 0.25) is 0 Å². The third-order valence-electron chi connectivity index (χ3n) is 2.48. The summed E-state index contributed by atoms with van der Waals surface area (Å²) in [5, 5.41) is 9.61. The van der Waals surface area contributed by atoms with Crippen molar-refractivity contribution in [3.63, 3.8) is 0 Å². The SMILES string of the molecule is CN(CCC(F)(F)F)c1ccc(CBr)cc1C#N. The van der Waals surface area contributed by atoms with Crippen LogP contribution in [0.4, 0.5) is 18.9 Å². The molecular weight excluding hydrogens is 309 g/mol. The molecule has 0 aliphatic heterocycles. The molecule has 0 unspecified atom stereocenters. The Balaban J connectivity index is 2.86. The molecule has 0 fully saturated rings. The van der Waals surface area contributed by atoms with Gasteiger partial charge in [-0.3, -0.25) is 0 Å². The van der Waals surface area contributed by atoms with Gasteiger partial charge in [0.25, 0.3) is 0 Å².